The molecule has 0 aliphatic carbocycles. The van der Waals surface area contributed by atoms with Gasteiger partial charge in [-0.1, -0.05) is 18.3 Å². The fraction of sp³-hybridized carbons (Fsp3) is 0.250. The lowest BCUT2D eigenvalue weighted by Crippen LogP contribution is -2.09. The van der Waals surface area contributed by atoms with Crippen LogP contribution in [0.25, 0.3) is 6.08 Å². The average molecular weight is 302 g/mol. The quantitative estimate of drug-likeness (QED) is 0.363. The van der Waals surface area contributed by atoms with E-state index in [1.165, 1.54) is 0 Å². The predicted molar refractivity (Wildman–Crippen MR) is 88.4 cm³/mol. The van der Waals surface area contributed by atoms with Crippen molar-refractivity contribution in [2.45, 2.75) is 13.3 Å². The van der Waals surface area contributed by atoms with Gasteiger partial charge in [-0.3, -0.25) is 0 Å². The summed E-state index contributed by atoms with van der Waals surface area (Å²) in [6.45, 7) is 6.14. The predicted octanol–water partition coefficient (Wildman–Crippen LogP) is 3.02. The molecule has 0 fully saturated rings. The highest BCUT2D eigenvalue weighted by Crippen LogP contribution is 2.34. The molecule has 0 radical (unpaired) electrons. The van der Waals surface area contributed by atoms with Gasteiger partial charge in [-0.2, -0.15) is 5.26 Å². The Bertz CT molecular complexity index is 615. The molecule has 1 aromatic rings. The lowest BCUT2D eigenvalue weighted by Gasteiger charge is -2.14. The minimum atomic E-state index is 0.0662. The number of rotatable bonds is 7. The lowest BCUT2D eigenvalue weighted by atomic mass is 10.0. The third kappa shape index (κ3) is 4.33. The molecular formula is C16H18N2O2S. The summed E-state index contributed by atoms with van der Waals surface area (Å²) in [4.78, 5) is 0.0662. The van der Waals surface area contributed by atoms with Gasteiger partial charge in [0, 0.05) is 5.56 Å². The van der Waals surface area contributed by atoms with Gasteiger partial charge in [-0.25, -0.2) is 0 Å². The Labute approximate surface area is 130 Å². The first-order chi connectivity index (χ1) is 10.1. The van der Waals surface area contributed by atoms with Crippen molar-refractivity contribution >= 4 is 23.3 Å². The number of hydrogen-bond donors (Lipinski definition) is 1. The van der Waals surface area contributed by atoms with Crippen molar-refractivity contribution in [2.24, 2.45) is 5.73 Å². The van der Waals surface area contributed by atoms with Crippen LogP contribution in [0.5, 0.6) is 11.5 Å². The van der Waals surface area contributed by atoms with Crippen molar-refractivity contribution in [3.05, 3.63) is 41.5 Å². The van der Waals surface area contributed by atoms with E-state index in [2.05, 4.69) is 6.58 Å². The molecular weight excluding hydrogens is 284 g/mol. The molecule has 110 valence electrons. The number of nitrogens with zero attached hydrogens (tertiary/aromatic N) is 1. The molecule has 0 saturated heterocycles. The first-order valence-electron chi connectivity index (χ1n) is 6.43. The SMILES string of the molecule is C=CCc1cc(C=C(C#N)C(N)=S)cc(OCC)c1OC. The van der Waals surface area contributed by atoms with Gasteiger partial charge in [0.2, 0.25) is 0 Å². The molecule has 0 atom stereocenters. The standard InChI is InChI=1S/C16H18N2O2S/c1-4-6-12-7-11(8-13(10-17)16(18)21)9-14(20-5-2)15(12)19-3/h4,7-9H,1,5-6H2,2-3H3,(H2,18,21). The maximum atomic E-state index is 9.05. The van der Waals surface area contributed by atoms with Crippen LogP contribution < -0.4 is 15.2 Å². The normalized spacial score (nSPS) is 10.6. The van der Waals surface area contributed by atoms with E-state index in [-0.39, 0.29) is 10.6 Å². The molecule has 0 aliphatic rings. The van der Waals surface area contributed by atoms with Crippen LogP contribution in [-0.2, 0) is 6.42 Å². The van der Waals surface area contributed by atoms with Crippen molar-refractivity contribution in [3.8, 4) is 17.6 Å². The van der Waals surface area contributed by atoms with Crippen molar-refractivity contribution in [1.82, 2.24) is 0 Å². The minimum absolute atomic E-state index is 0.0662. The second-order valence-corrected chi connectivity index (χ2v) is 4.61. The molecule has 0 saturated carbocycles. The number of methoxy groups -OCH3 is 1. The summed E-state index contributed by atoms with van der Waals surface area (Å²) in [7, 11) is 1.59. The van der Waals surface area contributed by atoms with Gasteiger partial charge in [0.05, 0.1) is 19.3 Å². The van der Waals surface area contributed by atoms with Gasteiger partial charge in [0.25, 0.3) is 0 Å². The Kier molecular flexibility index (Phi) is 6.44. The third-order valence-electron chi connectivity index (χ3n) is 2.72. The summed E-state index contributed by atoms with van der Waals surface area (Å²) >= 11 is 4.85. The van der Waals surface area contributed by atoms with Crippen molar-refractivity contribution in [3.63, 3.8) is 0 Å². The maximum Gasteiger partial charge on any atom is 0.164 e. The Morgan fingerprint density at radius 2 is 2.24 bits per heavy atom. The van der Waals surface area contributed by atoms with E-state index in [0.717, 1.165) is 11.1 Å². The smallest absolute Gasteiger partial charge is 0.164 e. The number of hydrogen-bond acceptors (Lipinski definition) is 4. The molecule has 1 rings (SSSR count). The molecule has 0 unspecified atom stereocenters. The molecule has 0 aliphatic heterocycles. The van der Waals surface area contributed by atoms with Crippen molar-refractivity contribution in [2.75, 3.05) is 13.7 Å². The molecule has 5 heteroatoms. The molecule has 0 heterocycles. The van der Waals surface area contributed by atoms with Crippen LogP contribution in [0.4, 0.5) is 0 Å². The first kappa shape index (κ1) is 16.7. The number of benzene rings is 1. The molecule has 0 amide bonds. The largest absolute Gasteiger partial charge is 0.493 e. The zero-order valence-electron chi connectivity index (χ0n) is 12.2. The van der Waals surface area contributed by atoms with E-state index < -0.39 is 0 Å². The number of allylic oxidation sites excluding steroid dienone is 1. The van der Waals surface area contributed by atoms with Gasteiger partial charge in [-0.15, -0.1) is 6.58 Å². The van der Waals surface area contributed by atoms with E-state index in [0.29, 0.717) is 24.5 Å². The van der Waals surface area contributed by atoms with Gasteiger partial charge in [-0.05, 0) is 37.1 Å². The molecule has 21 heavy (non-hydrogen) atoms. The highest BCUT2D eigenvalue weighted by Gasteiger charge is 2.12. The molecule has 4 nitrogen and oxygen atoms in total. The van der Waals surface area contributed by atoms with Gasteiger partial charge < -0.3 is 15.2 Å². The summed E-state index contributed by atoms with van der Waals surface area (Å²) in [5.41, 5.74) is 7.46. The monoisotopic (exact) mass is 302 g/mol. The Hall–Kier alpha value is -2.32. The number of nitriles is 1. The fourth-order valence-electron chi connectivity index (χ4n) is 1.89. The van der Waals surface area contributed by atoms with Crippen LogP contribution in [0.3, 0.4) is 0 Å². The molecule has 2 N–H and O–H groups in total. The van der Waals surface area contributed by atoms with Crippen LogP contribution >= 0.6 is 12.2 Å². The summed E-state index contributed by atoms with van der Waals surface area (Å²) in [5, 5.41) is 9.05. The topological polar surface area (TPSA) is 68.3 Å². The highest BCUT2D eigenvalue weighted by molar-refractivity contribution is 7.80. The summed E-state index contributed by atoms with van der Waals surface area (Å²) in [6, 6.07) is 5.68. The second-order valence-electron chi connectivity index (χ2n) is 4.17. The number of thiocarbonyl (C=S) groups is 1. The second kappa shape index (κ2) is 8.08. The summed E-state index contributed by atoms with van der Waals surface area (Å²) < 4.78 is 11.0. The lowest BCUT2D eigenvalue weighted by molar-refractivity contribution is 0.309. The molecule has 0 spiro atoms. The van der Waals surface area contributed by atoms with Crippen molar-refractivity contribution in [1.29, 1.82) is 5.26 Å². The van der Waals surface area contributed by atoms with Crippen molar-refractivity contribution < 1.29 is 9.47 Å². The van der Waals surface area contributed by atoms with Crippen LogP contribution in [0.1, 0.15) is 18.1 Å². The van der Waals surface area contributed by atoms with Gasteiger partial charge in [0.1, 0.15) is 11.1 Å². The van der Waals surface area contributed by atoms with Gasteiger partial charge in [0.15, 0.2) is 11.5 Å². The van der Waals surface area contributed by atoms with E-state index in [4.69, 9.17) is 32.7 Å². The zero-order chi connectivity index (χ0) is 15.8. The number of ether oxygens (including phenoxy) is 2. The van der Waals surface area contributed by atoms with Crippen LogP contribution in [-0.4, -0.2) is 18.7 Å². The summed E-state index contributed by atoms with van der Waals surface area (Å²) in [6.07, 6.45) is 4.04. The van der Waals surface area contributed by atoms with E-state index in [1.54, 1.807) is 25.3 Å². The van der Waals surface area contributed by atoms with E-state index in [1.807, 2.05) is 19.1 Å². The van der Waals surface area contributed by atoms with E-state index >= 15 is 0 Å². The Balaban J connectivity index is 3.44. The van der Waals surface area contributed by atoms with Crippen LogP contribution in [0.15, 0.2) is 30.4 Å². The highest BCUT2D eigenvalue weighted by atomic mass is 32.1. The first-order valence-corrected chi connectivity index (χ1v) is 6.84. The Morgan fingerprint density at radius 3 is 2.71 bits per heavy atom. The van der Waals surface area contributed by atoms with Crippen LogP contribution in [0.2, 0.25) is 0 Å². The third-order valence-corrected chi connectivity index (χ3v) is 2.94. The van der Waals surface area contributed by atoms with Crippen LogP contribution in [0, 0.1) is 11.3 Å². The van der Waals surface area contributed by atoms with E-state index in [9.17, 15) is 0 Å². The summed E-state index contributed by atoms with van der Waals surface area (Å²) in [5.74, 6) is 1.29. The number of nitrogens with two attached hydrogens (primary N) is 1. The fourth-order valence-corrected chi connectivity index (χ4v) is 2.00. The zero-order valence-corrected chi connectivity index (χ0v) is 13.0. The molecule has 0 aromatic heterocycles. The maximum absolute atomic E-state index is 9.05. The minimum Gasteiger partial charge on any atom is -0.493 e. The van der Waals surface area contributed by atoms with Gasteiger partial charge >= 0.3 is 0 Å². The molecule has 0 bridgehead atoms. The average Bonchev–Trinajstić information content (AvgIpc) is 2.45. The molecule has 1 aromatic carbocycles. The Morgan fingerprint density at radius 1 is 1.52 bits per heavy atom.